The summed E-state index contributed by atoms with van der Waals surface area (Å²) < 4.78 is 0. The van der Waals surface area contributed by atoms with E-state index in [-0.39, 0.29) is 5.95 Å². The van der Waals surface area contributed by atoms with Gasteiger partial charge in [0, 0.05) is 58.1 Å². The van der Waals surface area contributed by atoms with E-state index in [2.05, 4.69) is 61.2 Å². The number of nitrogens with zero attached hydrogens (tertiary/aromatic N) is 5. The summed E-state index contributed by atoms with van der Waals surface area (Å²) in [5.41, 5.74) is 9.98. The number of unbranched alkanes of at least 4 members (excludes halogenated alkanes) is 1. The fraction of sp³-hybridized carbons (Fsp3) is 0.567. The predicted molar refractivity (Wildman–Crippen MR) is 153 cm³/mol. The predicted octanol–water partition coefficient (Wildman–Crippen LogP) is 4.45. The van der Waals surface area contributed by atoms with Gasteiger partial charge in [0.15, 0.2) is 0 Å². The molecule has 3 N–H and O–H groups in total. The van der Waals surface area contributed by atoms with Crippen LogP contribution in [0.1, 0.15) is 80.3 Å². The molecule has 1 saturated heterocycles. The Balaban J connectivity index is 1.19. The van der Waals surface area contributed by atoms with Gasteiger partial charge in [-0.25, -0.2) is 4.98 Å². The smallest absolute Gasteiger partial charge is 0.222 e. The standard InChI is InChI=1S/C30H43N7O/c1-2-3-14-32-29-28-26(33-30(31)34-29)13-15-37(27(28)22-38)21-24-11-9-23(10-12-24)20-35-16-18-36(19-17-35)25-7-5-4-6-8-25/h9-13,15,22,25,27H,2-8,14,16-21H2,1H3,(H3,31,32,33,34). The van der Waals surface area contributed by atoms with Gasteiger partial charge in [0.2, 0.25) is 5.95 Å². The molecule has 5 rings (SSSR count). The molecule has 1 atom stereocenters. The van der Waals surface area contributed by atoms with Gasteiger partial charge in [0.1, 0.15) is 18.1 Å². The van der Waals surface area contributed by atoms with E-state index in [1.54, 1.807) is 0 Å². The number of nitrogens with one attached hydrogen (secondary N) is 1. The maximum absolute atomic E-state index is 12.3. The summed E-state index contributed by atoms with van der Waals surface area (Å²) in [5, 5.41) is 3.37. The highest BCUT2D eigenvalue weighted by Crippen LogP contribution is 2.34. The van der Waals surface area contributed by atoms with Crippen LogP contribution in [-0.4, -0.2) is 69.7 Å². The molecule has 1 aromatic carbocycles. The lowest BCUT2D eigenvalue weighted by Crippen LogP contribution is -2.50. The van der Waals surface area contributed by atoms with Gasteiger partial charge in [-0.2, -0.15) is 4.98 Å². The van der Waals surface area contributed by atoms with E-state index in [0.29, 0.717) is 18.1 Å². The van der Waals surface area contributed by atoms with E-state index >= 15 is 0 Å². The highest BCUT2D eigenvalue weighted by atomic mass is 16.1. The van der Waals surface area contributed by atoms with Crippen molar-refractivity contribution >= 4 is 24.1 Å². The number of carbonyl (C=O) groups is 1. The molecule has 3 heterocycles. The number of aromatic nitrogens is 2. The van der Waals surface area contributed by atoms with Crippen molar-refractivity contribution in [1.29, 1.82) is 0 Å². The van der Waals surface area contributed by atoms with Crippen LogP contribution >= 0.6 is 0 Å². The van der Waals surface area contributed by atoms with Crippen LogP contribution < -0.4 is 11.1 Å². The number of hydrogen-bond donors (Lipinski definition) is 2. The van der Waals surface area contributed by atoms with E-state index in [9.17, 15) is 4.79 Å². The molecule has 0 amide bonds. The second kappa shape index (κ2) is 12.7. The molecule has 204 valence electrons. The van der Waals surface area contributed by atoms with Crippen LogP contribution in [0.5, 0.6) is 0 Å². The molecule has 0 bridgehead atoms. The minimum atomic E-state index is -0.458. The first-order chi connectivity index (χ1) is 18.6. The number of benzene rings is 1. The first-order valence-corrected chi connectivity index (χ1v) is 14.5. The average Bonchev–Trinajstić information content (AvgIpc) is 2.95. The number of carbonyl (C=O) groups excluding carboxylic acids is 1. The molecular weight excluding hydrogens is 474 g/mol. The van der Waals surface area contributed by atoms with Crippen LogP contribution in [0.2, 0.25) is 0 Å². The molecule has 3 aliphatic rings. The highest BCUT2D eigenvalue weighted by molar-refractivity contribution is 5.74. The fourth-order valence-electron chi connectivity index (χ4n) is 6.12. The Morgan fingerprint density at radius 2 is 1.71 bits per heavy atom. The van der Waals surface area contributed by atoms with Gasteiger partial charge >= 0.3 is 0 Å². The highest BCUT2D eigenvalue weighted by Gasteiger charge is 2.29. The van der Waals surface area contributed by atoms with E-state index in [0.717, 1.165) is 56.9 Å². The van der Waals surface area contributed by atoms with Crippen LogP contribution in [0, 0.1) is 0 Å². The number of hydrogen-bond acceptors (Lipinski definition) is 8. The second-order valence-corrected chi connectivity index (χ2v) is 11.0. The zero-order valence-corrected chi connectivity index (χ0v) is 22.8. The van der Waals surface area contributed by atoms with E-state index in [1.165, 1.54) is 56.3 Å². The third kappa shape index (κ3) is 6.35. The normalized spacial score (nSPS) is 20.9. The molecule has 1 saturated carbocycles. The molecule has 8 heteroatoms. The lowest BCUT2D eigenvalue weighted by molar-refractivity contribution is -0.112. The summed E-state index contributed by atoms with van der Waals surface area (Å²) in [6.07, 6.45) is 14.0. The van der Waals surface area contributed by atoms with Gasteiger partial charge in [-0.15, -0.1) is 0 Å². The van der Waals surface area contributed by atoms with Crippen molar-refractivity contribution in [2.75, 3.05) is 43.8 Å². The molecule has 0 spiro atoms. The molecule has 1 aliphatic carbocycles. The summed E-state index contributed by atoms with van der Waals surface area (Å²) in [6.45, 7) is 9.26. The van der Waals surface area contributed by atoms with Gasteiger partial charge in [-0.1, -0.05) is 56.9 Å². The summed E-state index contributed by atoms with van der Waals surface area (Å²) in [6, 6.07) is 9.23. The summed E-state index contributed by atoms with van der Waals surface area (Å²) in [4.78, 5) is 28.5. The Hall–Kier alpha value is -2.97. The number of nitrogens with two attached hydrogens (primary N) is 1. The minimum absolute atomic E-state index is 0.219. The third-order valence-corrected chi connectivity index (χ3v) is 8.31. The van der Waals surface area contributed by atoms with Crippen LogP contribution in [0.4, 0.5) is 11.8 Å². The van der Waals surface area contributed by atoms with Crippen LogP contribution in [0.3, 0.4) is 0 Å². The zero-order valence-electron chi connectivity index (χ0n) is 22.8. The molecule has 8 nitrogen and oxygen atoms in total. The molecule has 2 aromatic rings. The van der Waals surface area contributed by atoms with Crippen molar-refractivity contribution in [3.8, 4) is 0 Å². The number of rotatable bonds is 10. The Morgan fingerprint density at radius 1 is 1.00 bits per heavy atom. The fourth-order valence-corrected chi connectivity index (χ4v) is 6.12. The molecule has 1 unspecified atom stereocenters. The van der Waals surface area contributed by atoms with Crippen molar-refractivity contribution in [3.63, 3.8) is 0 Å². The lowest BCUT2D eigenvalue weighted by atomic mass is 9.94. The number of anilines is 2. The van der Waals surface area contributed by atoms with Gasteiger partial charge in [-0.3, -0.25) is 9.80 Å². The Bertz CT molecular complexity index is 1090. The number of nitrogen functional groups attached to an aromatic ring is 1. The Morgan fingerprint density at radius 3 is 2.39 bits per heavy atom. The van der Waals surface area contributed by atoms with Crippen molar-refractivity contribution < 1.29 is 4.79 Å². The van der Waals surface area contributed by atoms with Gasteiger partial charge < -0.3 is 20.7 Å². The van der Waals surface area contributed by atoms with Gasteiger partial charge in [0.25, 0.3) is 0 Å². The molecule has 38 heavy (non-hydrogen) atoms. The van der Waals surface area contributed by atoms with Crippen LogP contribution in [0.15, 0.2) is 30.5 Å². The molecule has 1 aromatic heterocycles. The monoisotopic (exact) mass is 517 g/mol. The molecule has 2 aliphatic heterocycles. The van der Waals surface area contributed by atoms with Crippen molar-refractivity contribution in [3.05, 3.63) is 52.8 Å². The third-order valence-electron chi connectivity index (χ3n) is 8.31. The van der Waals surface area contributed by atoms with E-state index in [1.807, 2.05) is 12.3 Å². The van der Waals surface area contributed by atoms with Crippen LogP contribution in [-0.2, 0) is 17.9 Å². The van der Waals surface area contributed by atoms with Crippen molar-refractivity contribution in [1.82, 2.24) is 24.7 Å². The van der Waals surface area contributed by atoms with Gasteiger partial charge in [-0.05, 0) is 36.5 Å². The van der Waals surface area contributed by atoms with E-state index in [4.69, 9.17) is 5.73 Å². The molecular formula is C30H43N7O. The second-order valence-electron chi connectivity index (χ2n) is 11.0. The quantitative estimate of drug-likeness (QED) is 0.353. The summed E-state index contributed by atoms with van der Waals surface area (Å²) in [7, 11) is 0. The summed E-state index contributed by atoms with van der Waals surface area (Å²) >= 11 is 0. The van der Waals surface area contributed by atoms with Crippen molar-refractivity contribution in [2.24, 2.45) is 0 Å². The zero-order chi connectivity index (χ0) is 26.3. The molecule has 0 radical (unpaired) electrons. The Labute approximate surface area is 227 Å². The molecule has 2 fully saturated rings. The first-order valence-electron chi connectivity index (χ1n) is 14.5. The van der Waals surface area contributed by atoms with Crippen LogP contribution in [0.25, 0.3) is 6.08 Å². The lowest BCUT2D eigenvalue weighted by Gasteiger charge is -2.40. The SMILES string of the molecule is CCCCNc1nc(N)nc2c1C(C=O)N(Cc1ccc(CN3CCN(C4CCCCC4)CC3)cc1)C=C2. The van der Waals surface area contributed by atoms with E-state index < -0.39 is 6.04 Å². The number of aldehydes is 1. The maximum atomic E-state index is 12.3. The summed E-state index contributed by atoms with van der Waals surface area (Å²) in [5.74, 6) is 0.878. The van der Waals surface area contributed by atoms with Crippen molar-refractivity contribution in [2.45, 2.75) is 77.0 Å². The van der Waals surface area contributed by atoms with Gasteiger partial charge in [0.05, 0.1) is 11.3 Å². The average molecular weight is 518 g/mol. The topological polar surface area (TPSA) is 90.6 Å². The minimum Gasteiger partial charge on any atom is -0.370 e. The largest absolute Gasteiger partial charge is 0.370 e. The first kappa shape index (κ1) is 26.6. The number of fused-ring (bicyclic) bond motifs is 1. The maximum Gasteiger partial charge on any atom is 0.222 e. The Kier molecular flexibility index (Phi) is 8.91. The number of piperazine rings is 1.